The van der Waals surface area contributed by atoms with E-state index in [9.17, 15) is 27.9 Å². The first-order valence-electron chi connectivity index (χ1n) is 8.18. The number of nitro groups is 1. The summed E-state index contributed by atoms with van der Waals surface area (Å²) in [7, 11) is -2.27. The van der Waals surface area contributed by atoms with E-state index < -0.39 is 45.4 Å². The van der Waals surface area contributed by atoms with Crippen molar-refractivity contribution in [2.75, 3.05) is 11.3 Å². The highest BCUT2D eigenvalue weighted by molar-refractivity contribution is 7.46. The first-order chi connectivity index (χ1) is 14.4. The van der Waals surface area contributed by atoms with Crippen LogP contribution in [0.4, 0.5) is 30.4 Å². The van der Waals surface area contributed by atoms with E-state index in [1.54, 1.807) is 30.3 Å². The van der Waals surface area contributed by atoms with E-state index in [4.69, 9.17) is 34.8 Å². The Hall–Kier alpha value is -2.39. The van der Waals surface area contributed by atoms with E-state index in [2.05, 4.69) is 5.10 Å². The zero-order valence-corrected chi connectivity index (χ0v) is 18.4. The van der Waals surface area contributed by atoms with Crippen molar-refractivity contribution in [1.29, 1.82) is 0 Å². The fourth-order valence-electron chi connectivity index (χ4n) is 2.80. The first kappa shape index (κ1) is 23.3. The third kappa shape index (κ3) is 4.34. The Bertz CT molecular complexity index is 1190. The quantitative estimate of drug-likeness (QED) is 0.155. The standard InChI is InChI=1S/C17H10Cl3F3N4O3P/c1-31(30)26(9-5-3-2-4-6-9)16-12(27(28)29)8-24-25(16)15-11(18)7-10(17(21,22)23)13(19)14(15)20/h2-8H,1H3/q+1. The van der Waals surface area contributed by atoms with Gasteiger partial charge in [-0.1, -0.05) is 53.0 Å². The van der Waals surface area contributed by atoms with Crippen LogP contribution in [0.25, 0.3) is 5.69 Å². The average molecular weight is 513 g/mol. The zero-order valence-electron chi connectivity index (χ0n) is 15.3. The van der Waals surface area contributed by atoms with Crippen LogP contribution in [0.1, 0.15) is 5.56 Å². The van der Waals surface area contributed by atoms with Crippen molar-refractivity contribution in [3.8, 4) is 5.69 Å². The summed E-state index contributed by atoms with van der Waals surface area (Å²) in [5.74, 6) is -0.320. The zero-order chi connectivity index (χ0) is 23.1. The van der Waals surface area contributed by atoms with E-state index in [1.807, 2.05) is 0 Å². The summed E-state index contributed by atoms with van der Waals surface area (Å²) in [6.07, 6.45) is -3.99. The summed E-state index contributed by atoms with van der Waals surface area (Å²) >= 11 is 18.0. The number of hydrogen-bond acceptors (Lipinski definition) is 4. The van der Waals surface area contributed by atoms with E-state index in [1.165, 1.54) is 6.66 Å². The van der Waals surface area contributed by atoms with Gasteiger partial charge in [0.05, 0.1) is 31.2 Å². The molecule has 0 amide bonds. The molecule has 7 nitrogen and oxygen atoms in total. The molecular weight excluding hydrogens is 503 g/mol. The fourth-order valence-corrected chi connectivity index (χ4v) is 4.58. The van der Waals surface area contributed by atoms with Gasteiger partial charge in [-0.15, -0.1) is 4.67 Å². The predicted octanol–water partition coefficient (Wildman–Crippen LogP) is 7.27. The highest BCUT2D eigenvalue weighted by Crippen LogP contribution is 2.48. The molecule has 0 aliphatic carbocycles. The molecule has 1 heterocycles. The lowest BCUT2D eigenvalue weighted by atomic mass is 10.2. The lowest BCUT2D eigenvalue weighted by molar-refractivity contribution is -0.384. The molecule has 31 heavy (non-hydrogen) atoms. The second-order valence-corrected chi connectivity index (χ2v) is 8.51. The molecule has 0 radical (unpaired) electrons. The second-order valence-electron chi connectivity index (χ2n) is 6.01. The topological polar surface area (TPSA) is 81.3 Å². The van der Waals surface area contributed by atoms with E-state index in [0.29, 0.717) is 11.8 Å². The number of halogens is 6. The van der Waals surface area contributed by atoms with Crippen molar-refractivity contribution in [1.82, 2.24) is 9.78 Å². The molecule has 2 aromatic carbocycles. The minimum Gasteiger partial charge on any atom is -0.258 e. The summed E-state index contributed by atoms with van der Waals surface area (Å²) in [4.78, 5) is 10.9. The summed E-state index contributed by atoms with van der Waals surface area (Å²) in [6, 6.07) is 8.54. The highest BCUT2D eigenvalue weighted by atomic mass is 35.5. The second kappa shape index (κ2) is 8.63. The Balaban J connectivity index is 2.37. The van der Waals surface area contributed by atoms with Gasteiger partial charge in [-0.05, 0) is 22.8 Å². The first-order valence-corrected chi connectivity index (χ1v) is 11.0. The summed E-state index contributed by atoms with van der Waals surface area (Å²) in [5.41, 5.74) is -1.88. The number of hydrogen-bond donors (Lipinski definition) is 0. The van der Waals surface area contributed by atoms with E-state index >= 15 is 0 Å². The molecule has 1 aromatic heterocycles. The fraction of sp³-hybridized carbons (Fsp3) is 0.118. The summed E-state index contributed by atoms with van der Waals surface area (Å²) < 4.78 is 54.2. The van der Waals surface area contributed by atoms with Gasteiger partial charge >= 0.3 is 19.8 Å². The van der Waals surface area contributed by atoms with Crippen molar-refractivity contribution < 1.29 is 22.7 Å². The van der Waals surface area contributed by atoms with E-state index in [0.717, 1.165) is 15.5 Å². The minimum absolute atomic E-state index is 0.307. The van der Waals surface area contributed by atoms with Crippen LogP contribution in [0.2, 0.25) is 15.1 Å². The Morgan fingerprint density at radius 3 is 2.29 bits per heavy atom. The van der Waals surface area contributed by atoms with Crippen LogP contribution in [0, 0.1) is 10.1 Å². The lowest BCUT2D eigenvalue weighted by Gasteiger charge is -2.18. The molecule has 0 saturated carbocycles. The molecule has 3 aromatic rings. The van der Waals surface area contributed by atoms with Crippen molar-refractivity contribution >= 4 is 59.9 Å². The SMILES string of the molecule is C[P+](=O)N(c1ccccc1)c1c([N+](=O)[O-])cnn1-c1c(Cl)cc(C(F)(F)F)c(Cl)c1Cl. The monoisotopic (exact) mass is 511 g/mol. The van der Waals surface area contributed by atoms with Gasteiger partial charge in [0.15, 0.2) is 6.66 Å². The molecule has 0 aliphatic rings. The molecule has 14 heteroatoms. The Morgan fingerprint density at radius 1 is 1.16 bits per heavy atom. The normalized spacial score (nSPS) is 12.0. The maximum Gasteiger partial charge on any atom is 0.465 e. The molecule has 162 valence electrons. The number of para-hydroxylation sites is 1. The van der Waals surface area contributed by atoms with Crippen molar-refractivity contribution in [2.45, 2.75) is 6.18 Å². The average Bonchev–Trinajstić information content (AvgIpc) is 3.09. The molecule has 0 N–H and O–H groups in total. The maximum atomic E-state index is 13.2. The third-order valence-electron chi connectivity index (χ3n) is 4.06. The molecule has 0 saturated heterocycles. The van der Waals surface area contributed by atoms with Gasteiger partial charge in [0.25, 0.3) is 5.82 Å². The number of anilines is 2. The molecule has 1 atom stereocenters. The van der Waals surface area contributed by atoms with Crippen molar-refractivity contribution in [2.24, 2.45) is 0 Å². The van der Waals surface area contributed by atoms with Crippen LogP contribution < -0.4 is 4.67 Å². The van der Waals surface area contributed by atoms with Crippen molar-refractivity contribution in [3.05, 3.63) is 73.3 Å². The Kier molecular flexibility index (Phi) is 6.48. The van der Waals surface area contributed by atoms with Gasteiger partial charge in [-0.3, -0.25) is 10.1 Å². The lowest BCUT2D eigenvalue weighted by Crippen LogP contribution is -2.15. The van der Waals surface area contributed by atoms with E-state index in [-0.39, 0.29) is 11.5 Å². The Labute approximate surface area is 188 Å². The van der Waals surface area contributed by atoms with Gasteiger partial charge in [0.2, 0.25) is 0 Å². The van der Waals surface area contributed by atoms with Gasteiger partial charge in [0.1, 0.15) is 11.9 Å². The minimum atomic E-state index is -4.84. The molecule has 1 unspecified atom stereocenters. The van der Waals surface area contributed by atoms with Gasteiger partial charge < -0.3 is 0 Å². The van der Waals surface area contributed by atoms with Crippen molar-refractivity contribution in [3.63, 3.8) is 0 Å². The predicted molar refractivity (Wildman–Crippen MR) is 112 cm³/mol. The van der Waals surface area contributed by atoms with Gasteiger partial charge in [-0.2, -0.15) is 18.3 Å². The van der Waals surface area contributed by atoms with Crippen LogP contribution in [-0.4, -0.2) is 21.4 Å². The highest BCUT2D eigenvalue weighted by Gasteiger charge is 2.40. The number of nitrogens with zero attached hydrogens (tertiary/aromatic N) is 4. The molecule has 0 fully saturated rings. The molecule has 0 spiro atoms. The van der Waals surface area contributed by atoms with Crippen LogP contribution in [0.5, 0.6) is 0 Å². The summed E-state index contributed by atoms with van der Waals surface area (Å²) in [6.45, 7) is 1.30. The number of alkyl halides is 3. The molecule has 3 rings (SSSR count). The van der Waals surface area contributed by atoms with Gasteiger partial charge in [-0.25, -0.2) is 4.68 Å². The maximum absolute atomic E-state index is 13.2. The number of benzene rings is 2. The smallest absolute Gasteiger partial charge is 0.258 e. The summed E-state index contributed by atoms with van der Waals surface area (Å²) in [5, 5.41) is 13.5. The molecule has 0 bridgehead atoms. The molecule has 0 aliphatic heterocycles. The van der Waals surface area contributed by atoms with Crippen LogP contribution in [0.15, 0.2) is 42.6 Å². The Morgan fingerprint density at radius 2 is 1.77 bits per heavy atom. The van der Waals surface area contributed by atoms with Crippen LogP contribution >= 0.6 is 42.8 Å². The largest absolute Gasteiger partial charge is 0.465 e. The van der Waals surface area contributed by atoms with Gasteiger partial charge in [0, 0.05) is 0 Å². The third-order valence-corrected chi connectivity index (χ3v) is 6.19. The number of aromatic nitrogens is 2. The van der Waals surface area contributed by atoms with Crippen LogP contribution in [-0.2, 0) is 10.7 Å². The van der Waals surface area contributed by atoms with Crippen LogP contribution in [0.3, 0.4) is 0 Å². The number of rotatable bonds is 5. The molecular formula is C17H10Cl3F3N4O3P+.